The highest BCUT2D eigenvalue weighted by molar-refractivity contribution is 5.94. The molecule has 39 heavy (non-hydrogen) atoms. The number of nitrogens with one attached hydrogen (secondary N) is 3. The van der Waals surface area contributed by atoms with Gasteiger partial charge < -0.3 is 54.8 Å². The zero-order valence-corrected chi connectivity index (χ0v) is 22.3. The average Bonchev–Trinajstić information content (AvgIpc) is 2.84. The summed E-state index contributed by atoms with van der Waals surface area (Å²) in [6, 6.07) is -5.04. The number of aliphatic imine (C=N–C) groups is 2. The summed E-state index contributed by atoms with van der Waals surface area (Å²) in [5.41, 5.74) is 27.1. The van der Waals surface area contributed by atoms with Crippen molar-refractivity contribution in [2.75, 3.05) is 13.1 Å². The maximum absolute atomic E-state index is 13.2. The molecule has 0 spiro atoms. The van der Waals surface area contributed by atoms with Crippen molar-refractivity contribution in [3.63, 3.8) is 0 Å². The zero-order chi connectivity index (χ0) is 30.1. The van der Waals surface area contributed by atoms with E-state index in [2.05, 4.69) is 25.9 Å². The molecule has 0 heterocycles. The Morgan fingerprint density at radius 3 is 1.74 bits per heavy atom. The number of carbonyl (C=O) groups is 5. The summed E-state index contributed by atoms with van der Waals surface area (Å²) in [5, 5.41) is 25.5. The van der Waals surface area contributed by atoms with Crippen molar-refractivity contribution in [3.05, 3.63) is 0 Å². The Morgan fingerprint density at radius 1 is 0.769 bits per heavy atom. The summed E-state index contributed by atoms with van der Waals surface area (Å²) in [6.45, 7) is 3.90. The standard InChI is InChI=1S/C22H42N10O7/c1-3-11(2)16(32-17(35)12(23)6-4-8-28-21(24)25)19(37)30-13(7-5-9-29-22(26)27)18(36)31-14(20(38)39)10-15(33)34/h11-14,16H,3-10,23H2,1-2H3,(H,30,37)(H,31,36)(H,32,35)(H,33,34)(H,38,39)(H4,24,25,28)(H4,26,27,29). The number of carboxylic acids is 2. The number of guanidine groups is 2. The summed E-state index contributed by atoms with van der Waals surface area (Å²) < 4.78 is 0. The summed E-state index contributed by atoms with van der Waals surface area (Å²) in [6.07, 6.45) is 0.480. The predicted octanol–water partition coefficient (Wildman–Crippen LogP) is -3.52. The van der Waals surface area contributed by atoms with Crippen LogP contribution in [-0.2, 0) is 24.0 Å². The molecule has 5 unspecified atom stereocenters. The lowest BCUT2D eigenvalue weighted by molar-refractivity contribution is -0.147. The third-order valence-electron chi connectivity index (χ3n) is 5.67. The summed E-state index contributed by atoms with van der Waals surface area (Å²) >= 11 is 0. The van der Waals surface area contributed by atoms with Crippen molar-refractivity contribution in [3.8, 4) is 0 Å². The number of nitrogens with two attached hydrogens (primary N) is 5. The average molecular weight is 559 g/mol. The van der Waals surface area contributed by atoms with Crippen LogP contribution < -0.4 is 44.6 Å². The molecule has 0 fully saturated rings. The van der Waals surface area contributed by atoms with Crippen LogP contribution in [0.1, 0.15) is 52.4 Å². The van der Waals surface area contributed by atoms with Crippen LogP contribution in [0.4, 0.5) is 0 Å². The first-order valence-electron chi connectivity index (χ1n) is 12.4. The maximum Gasteiger partial charge on any atom is 0.326 e. The number of carboxylic acid groups (broad SMARTS) is 2. The number of carbonyl (C=O) groups excluding carboxylic acids is 3. The molecule has 0 aliphatic carbocycles. The second-order valence-electron chi connectivity index (χ2n) is 8.93. The van der Waals surface area contributed by atoms with E-state index in [-0.39, 0.29) is 50.2 Å². The largest absolute Gasteiger partial charge is 0.481 e. The fraction of sp³-hybridized carbons (Fsp3) is 0.682. The van der Waals surface area contributed by atoms with Crippen molar-refractivity contribution in [2.24, 2.45) is 44.6 Å². The van der Waals surface area contributed by atoms with Gasteiger partial charge in [-0.2, -0.15) is 0 Å². The Hall–Kier alpha value is -4.15. The monoisotopic (exact) mass is 558 g/mol. The lowest BCUT2D eigenvalue weighted by Crippen LogP contribution is -2.58. The van der Waals surface area contributed by atoms with E-state index in [1.54, 1.807) is 13.8 Å². The second kappa shape index (κ2) is 18.2. The molecule has 5 atom stereocenters. The minimum Gasteiger partial charge on any atom is -0.481 e. The van der Waals surface area contributed by atoms with Crippen molar-refractivity contribution >= 4 is 41.6 Å². The molecule has 0 saturated heterocycles. The molecule has 17 heteroatoms. The Bertz CT molecular complexity index is 904. The van der Waals surface area contributed by atoms with Crippen LogP contribution in [0, 0.1) is 5.92 Å². The molecule has 0 radical (unpaired) electrons. The lowest BCUT2D eigenvalue weighted by Gasteiger charge is -2.28. The van der Waals surface area contributed by atoms with Crippen molar-refractivity contribution in [1.82, 2.24) is 16.0 Å². The number of aliphatic carboxylic acids is 2. The zero-order valence-electron chi connectivity index (χ0n) is 22.3. The van der Waals surface area contributed by atoms with Gasteiger partial charge in [0.2, 0.25) is 17.7 Å². The number of hydrogen-bond acceptors (Lipinski definition) is 8. The van der Waals surface area contributed by atoms with E-state index in [0.29, 0.717) is 12.8 Å². The molecular weight excluding hydrogens is 516 g/mol. The van der Waals surface area contributed by atoms with E-state index in [4.69, 9.17) is 33.8 Å². The summed E-state index contributed by atoms with van der Waals surface area (Å²) in [5.74, 6) is -5.86. The van der Waals surface area contributed by atoms with Gasteiger partial charge in [-0.3, -0.25) is 29.2 Å². The topological polar surface area (TPSA) is 317 Å². The minimum absolute atomic E-state index is 0.0146. The van der Waals surface area contributed by atoms with Gasteiger partial charge in [-0.15, -0.1) is 0 Å². The highest BCUT2D eigenvalue weighted by Crippen LogP contribution is 2.11. The fourth-order valence-electron chi connectivity index (χ4n) is 3.29. The van der Waals surface area contributed by atoms with Gasteiger partial charge in [0.15, 0.2) is 11.9 Å². The highest BCUT2D eigenvalue weighted by Gasteiger charge is 2.32. The Kier molecular flexibility index (Phi) is 16.2. The SMILES string of the molecule is CCC(C)C(NC(=O)C(N)CCCN=C(N)N)C(=O)NC(CCCN=C(N)N)C(=O)NC(CC(=O)O)C(=O)O. The molecule has 0 rings (SSSR count). The Balaban J connectivity index is 5.62. The molecule has 0 aromatic heterocycles. The molecule has 0 bridgehead atoms. The first kappa shape index (κ1) is 34.9. The van der Waals surface area contributed by atoms with E-state index in [9.17, 15) is 29.1 Å². The molecule has 0 aromatic rings. The predicted molar refractivity (Wildman–Crippen MR) is 143 cm³/mol. The maximum atomic E-state index is 13.2. The molecular formula is C22H42N10O7. The molecule has 222 valence electrons. The van der Waals surface area contributed by atoms with Gasteiger partial charge in [-0.1, -0.05) is 20.3 Å². The van der Waals surface area contributed by atoms with Crippen molar-refractivity contribution in [2.45, 2.75) is 76.5 Å². The van der Waals surface area contributed by atoms with E-state index in [1.165, 1.54) is 0 Å². The van der Waals surface area contributed by atoms with Gasteiger partial charge in [0.25, 0.3) is 0 Å². The highest BCUT2D eigenvalue weighted by atomic mass is 16.4. The third-order valence-corrected chi connectivity index (χ3v) is 5.67. The van der Waals surface area contributed by atoms with E-state index in [0.717, 1.165) is 0 Å². The van der Waals surface area contributed by atoms with Gasteiger partial charge >= 0.3 is 11.9 Å². The smallest absolute Gasteiger partial charge is 0.326 e. The molecule has 0 aliphatic heterocycles. The van der Waals surface area contributed by atoms with E-state index >= 15 is 0 Å². The Labute approximate surface area is 226 Å². The summed E-state index contributed by atoms with van der Waals surface area (Å²) in [7, 11) is 0. The van der Waals surface area contributed by atoms with Crippen LogP contribution in [0.3, 0.4) is 0 Å². The van der Waals surface area contributed by atoms with Crippen LogP contribution in [-0.4, -0.2) is 89.0 Å². The van der Waals surface area contributed by atoms with Crippen LogP contribution in [0.15, 0.2) is 9.98 Å². The van der Waals surface area contributed by atoms with Gasteiger partial charge in [-0.25, -0.2) is 4.79 Å². The van der Waals surface area contributed by atoms with Gasteiger partial charge in [-0.05, 0) is 31.6 Å². The quantitative estimate of drug-likeness (QED) is 0.0419. The second-order valence-corrected chi connectivity index (χ2v) is 8.93. The van der Waals surface area contributed by atoms with Crippen molar-refractivity contribution < 1.29 is 34.2 Å². The number of nitrogens with zero attached hydrogens (tertiary/aromatic N) is 2. The fourth-order valence-corrected chi connectivity index (χ4v) is 3.29. The van der Waals surface area contributed by atoms with E-state index < -0.39 is 60.2 Å². The molecule has 15 N–H and O–H groups in total. The summed E-state index contributed by atoms with van der Waals surface area (Å²) in [4.78, 5) is 68.8. The Morgan fingerprint density at radius 2 is 1.28 bits per heavy atom. The third kappa shape index (κ3) is 15.0. The number of hydrogen-bond donors (Lipinski definition) is 10. The van der Waals surface area contributed by atoms with Crippen LogP contribution in [0.5, 0.6) is 0 Å². The van der Waals surface area contributed by atoms with Crippen LogP contribution >= 0.6 is 0 Å². The van der Waals surface area contributed by atoms with Crippen LogP contribution in [0.25, 0.3) is 0 Å². The number of amides is 3. The van der Waals surface area contributed by atoms with Crippen LogP contribution in [0.2, 0.25) is 0 Å². The molecule has 0 aromatic carbocycles. The minimum atomic E-state index is -1.73. The van der Waals surface area contributed by atoms with Gasteiger partial charge in [0, 0.05) is 13.1 Å². The molecule has 0 aliphatic rings. The lowest BCUT2D eigenvalue weighted by atomic mass is 9.96. The van der Waals surface area contributed by atoms with Gasteiger partial charge in [0.05, 0.1) is 12.5 Å². The molecule has 0 saturated carbocycles. The van der Waals surface area contributed by atoms with E-state index in [1.807, 2.05) is 0 Å². The molecule has 17 nitrogen and oxygen atoms in total. The first-order chi connectivity index (χ1) is 18.2. The van der Waals surface area contributed by atoms with Crippen molar-refractivity contribution in [1.29, 1.82) is 0 Å². The van der Waals surface area contributed by atoms with Gasteiger partial charge in [0.1, 0.15) is 18.1 Å². The normalized spacial score (nSPS) is 14.4. The molecule has 3 amide bonds. The number of rotatable bonds is 19. The first-order valence-corrected chi connectivity index (χ1v) is 12.4.